The van der Waals surface area contributed by atoms with Gasteiger partial charge in [-0.25, -0.2) is 9.78 Å². The van der Waals surface area contributed by atoms with E-state index in [1.807, 2.05) is 53.1 Å². The van der Waals surface area contributed by atoms with Gasteiger partial charge in [0.05, 0.1) is 17.6 Å². The zero-order valence-corrected chi connectivity index (χ0v) is 20.2. The second-order valence-electron chi connectivity index (χ2n) is 8.33. The number of nitrogens with one attached hydrogen (secondary N) is 1. The van der Waals surface area contributed by atoms with Crippen LogP contribution in [0.1, 0.15) is 11.4 Å². The van der Waals surface area contributed by atoms with Gasteiger partial charge in [-0.3, -0.25) is 0 Å². The van der Waals surface area contributed by atoms with Crippen molar-refractivity contribution >= 4 is 41.1 Å². The number of aromatic nitrogens is 2. The maximum Gasteiger partial charge on any atom is 0.407 e. The largest absolute Gasteiger partial charge is 0.445 e. The number of carbonyl (C=O) groups excluding carboxylic acids is 1. The topological polar surface area (TPSA) is 65.4 Å². The van der Waals surface area contributed by atoms with Crippen LogP contribution in [0, 0.1) is 0 Å². The summed E-state index contributed by atoms with van der Waals surface area (Å²) >= 11 is 3.61. The molecule has 0 fully saturated rings. The van der Waals surface area contributed by atoms with Crippen molar-refractivity contribution in [1.82, 2.24) is 14.9 Å². The lowest BCUT2D eigenvalue weighted by molar-refractivity contribution is 0.0872. The third-order valence-electron chi connectivity index (χ3n) is 4.62. The van der Waals surface area contributed by atoms with Crippen LogP contribution in [0.2, 0.25) is 25.7 Å². The number of hydrogen-bond acceptors (Lipinski definition) is 4. The number of fused-ring (bicyclic) bond motifs is 1. The Labute approximate surface area is 186 Å². The van der Waals surface area contributed by atoms with Crippen LogP contribution in [0.3, 0.4) is 0 Å². The molecule has 0 radical (unpaired) electrons. The first-order valence-electron chi connectivity index (χ1n) is 9.99. The van der Waals surface area contributed by atoms with Crippen LogP contribution in [-0.2, 0) is 29.4 Å². The Morgan fingerprint density at radius 1 is 1.13 bits per heavy atom. The molecule has 0 spiro atoms. The Morgan fingerprint density at radius 3 is 2.63 bits per heavy atom. The van der Waals surface area contributed by atoms with E-state index >= 15 is 0 Å². The van der Waals surface area contributed by atoms with Crippen LogP contribution < -0.4 is 5.32 Å². The molecule has 8 heteroatoms. The molecule has 1 N–H and O–H groups in total. The average Bonchev–Trinajstić information content (AvgIpc) is 3.07. The molecule has 1 aromatic heterocycles. The molecule has 1 heterocycles. The molecule has 2 aromatic carbocycles. The number of nitrogens with zero attached hydrogens (tertiary/aromatic N) is 2. The lowest BCUT2D eigenvalue weighted by Gasteiger charge is -2.16. The van der Waals surface area contributed by atoms with Crippen LogP contribution in [0.5, 0.6) is 0 Å². The molecule has 3 rings (SSSR count). The quantitative estimate of drug-likeness (QED) is 0.316. The summed E-state index contributed by atoms with van der Waals surface area (Å²) in [5, 5.41) is 2.80. The molecule has 160 valence electrons. The zero-order valence-electron chi connectivity index (χ0n) is 17.7. The van der Waals surface area contributed by atoms with Gasteiger partial charge in [-0.1, -0.05) is 56.0 Å². The van der Waals surface area contributed by atoms with Gasteiger partial charge in [0.2, 0.25) is 0 Å². The fourth-order valence-electron chi connectivity index (χ4n) is 2.92. The van der Waals surface area contributed by atoms with Crippen LogP contribution in [0.4, 0.5) is 4.79 Å². The molecule has 0 unspecified atom stereocenters. The number of benzene rings is 2. The van der Waals surface area contributed by atoms with E-state index in [-0.39, 0.29) is 13.2 Å². The van der Waals surface area contributed by atoms with Crippen molar-refractivity contribution in [3.63, 3.8) is 0 Å². The van der Waals surface area contributed by atoms with Crippen molar-refractivity contribution in [2.45, 2.75) is 45.6 Å². The maximum atomic E-state index is 12.1. The first-order chi connectivity index (χ1) is 14.3. The summed E-state index contributed by atoms with van der Waals surface area (Å²) in [4.78, 5) is 16.8. The summed E-state index contributed by atoms with van der Waals surface area (Å²) in [6.07, 6.45) is -0.476. The molecule has 0 aliphatic carbocycles. The molecule has 1 amide bonds. The standard InChI is InChI=1S/C22H28BrN3O3Si/c1-30(2,3)13-12-28-16-26-20(25-19-11-7-10-18(23)21(19)26)14-24-22(27)29-15-17-8-5-4-6-9-17/h4-11H,12-16H2,1-3H3,(H,24,27). The van der Waals surface area contributed by atoms with Crippen molar-refractivity contribution in [3.05, 3.63) is 64.4 Å². The smallest absolute Gasteiger partial charge is 0.407 e. The monoisotopic (exact) mass is 489 g/mol. The lowest BCUT2D eigenvalue weighted by Crippen LogP contribution is -2.26. The van der Waals surface area contributed by atoms with E-state index in [4.69, 9.17) is 9.47 Å². The number of carbonyl (C=O) groups is 1. The highest BCUT2D eigenvalue weighted by molar-refractivity contribution is 9.10. The zero-order chi connectivity index (χ0) is 21.6. The van der Waals surface area contributed by atoms with Gasteiger partial charge >= 0.3 is 6.09 Å². The first kappa shape index (κ1) is 22.5. The molecule has 6 nitrogen and oxygen atoms in total. The number of amides is 1. The van der Waals surface area contributed by atoms with Gasteiger partial charge in [0.25, 0.3) is 0 Å². The molecule has 0 saturated carbocycles. The van der Waals surface area contributed by atoms with Crippen molar-refractivity contribution in [3.8, 4) is 0 Å². The highest BCUT2D eigenvalue weighted by atomic mass is 79.9. The summed E-state index contributed by atoms with van der Waals surface area (Å²) in [7, 11) is -1.16. The highest BCUT2D eigenvalue weighted by Gasteiger charge is 2.16. The van der Waals surface area contributed by atoms with E-state index in [1.165, 1.54) is 0 Å². The van der Waals surface area contributed by atoms with Crippen LogP contribution in [-0.4, -0.2) is 30.3 Å². The van der Waals surface area contributed by atoms with E-state index in [1.54, 1.807) is 0 Å². The number of imidazole rings is 1. The van der Waals surface area contributed by atoms with Crippen molar-refractivity contribution < 1.29 is 14.3 Å². The van der Waals surface area contributed by atoms with Crippen LogP contribution >= 0.6 is 15.9 Å². The van der Waals surface area contributed by atoms with Gasteiger partial charge in [-0.05, 0) is 39.7 Å². The highest BCUT2D eigenvalue weighted by Crippen LogP contribution is 2.25. The minimum Gasteiger partial charge on any atom is -0.445 e. The molecule has 0 aliphatic heterocycles. The maximum absolute atomic E-state index is 12.1. The van der Waals surface area contributed by atoms with Crippen molar-refractivity contribution in [1.29, 1.82) is 0 Å². The number of rotatable bonds is 9. The summed E-state index contributed by atoms with van der Waals surface area (Å²) in [5.74, 6) is 0.724. The van der Waals surface area contributed by atoms with E-state index in [0.29, 0.717) is 13.3 Å². The Morgan fingerprint density at radius 2 is 1.90 bits per heavy atom. The third-order valence-corrected chi connectivity index (χ3v) is 6.96. The normalized spacial score (nSPS) is 11.6. The predicted octanol–water partition coefficient (Wildman–Crippen LogP) is 5.54. The Kier molecular flexibility index (Phi) is 7.68. The number of halogens is 1. The average molecular weight is 490 g/mol. The molecule has 0 aliphatic rings. The van der Waals surface area contributed by atoms with Gasteiger partial charge in [-0.15, -0.1) is 0 Å². The molecule has 30 heavy (non-hydrogen) atoms. The van der Waals surface area contributed by atoms with Crippen molar-refractivity contribution in [2.24, 2.45) is 0 Å². The second-order valence-corrected chi connectivity index (χ2v) is 14.8. The van der Waals surface area contributed by atoms with Gasteiger partial charge in [0.1, 0.15) is 19.2 Å². The summed E-state index contributed by atoms with van der Waals surface area (Å²) < 4.78 is 14.2. The minimum atomic E-state index is -1.16. The van der Waals surface area contributed by atoms with E-state index < -0.39 is 14.2 Å². The van der Waals surface area contributed by atoms with Crippen LogP contribution in [0.25, 0.3) is 11.0 Å². The molecular formula is C22H28BrN3O3Si. The molecule has 0 atom stereocenters. The molecule has 3 aromatic rings. The van der Waals surface area contributed by atoms with Gasteiger partial charge in [-0.2, -0.15) is 0 Å². The van der Waals surface area contributed by atoms with Crippen LogP contribution in [0.15, 0.2) is 53.0 Å². The van der Waals surface area contributed by atoms with Gasteiger partial charge < -0.3 is 19.4 Å². The fraction of sp³-hybridized carbons (Fsp3) is 0.364. The minimum absolute atomic E-state index is 0.231. The Hall–Kier alpha value is -2.16. The lowest BCUT2D eigenvalue weighted by atomic mass is 10.2. The SMILES string of the molecule is C[Si](C)(C)CCOCn1c(CNC(=O)OCc2ccccc2)nc2cccc(Br)c21. The van der Waals surface area contributed by atoms with E-state index in [9.17, 15) is 4.79 Å². The summed E-state index contributed by atoms with van der Waals surface area (Å²) in [5.41, 5.74) is 2.76. The predicted molar refractivity (Wildman–Crippen MR) is 125 cm³/mol. The van der Waals surface area contributed by atoms with E-state index in [2.05, 4.69) is 45.9 Å². The summed E-state index contributed by atoms with van der Waals surface area (Å²) in [6.45, 7) is 8.58. The molecule has 0 bridgehead atoms. The molecular weight excluding hydrogens is 462 g/mol. The fourth-order valence-corrected chi connectivity index (χ4v) is 4.25. The van der Waals surface area contributed by atoms with Crippen molar-refractivity contribution in [2.75, 3.05) is 6.61 Å². The van der Waals surface area contributed by atoms with E-state index in [0.717, 1.165) is 32.9 Å². The number of para-hydroxylation sites is 1. The third kappa shape index (κ3) is 6.42. The Balaban J connectivity index is 1.65. The second kappa shape index (κ2) is 10.2. The van der Waals surface area contributed by atoms with Gasteiger partial charge in [0, 0.05) is 19.2 Å². The number of hydrogen-bond donors (Lipinski definition) is 1. The Bertz CT molecular complexity index is 986. The van der Waals surface area contributed by atoms with Gasteiger partial charge in [0.15, 0.2) is 0 Å². The number of alkyl carbamates (subject to hydrolysis) is 1. The number of ether oxygens (including phenoxy) is 2. The summed E-state index contributed by atoms with van der Waals surface area (Å²) in [6, 6.07) is 16.6. The first-order valence-corrected chi connectivity index (χ1v) is 14.5. The molecule has 0 saturated heterocycles.